The van der Waals surface area contributed by atoms with Crippen LogP contribution in [0.4, 0.5) is 0 Å². The molecule has 0 aliphatic heterocycles. The lowest BCUT2D eigenvalue weighted by atomic mass is 10.0. The van der Waals surface area contributed by atoms with E-state index < -0.39 is 12.1 Å². The van der Waals surface area contributed by atoms with Gasteiger partial charge in [-0.05, 0) is 89.9 Å². The standard InChI is InChI=1S/C65H110O6/c1-4-7-10-13-16-19-22-25-28-30-32-34-37-40-43-46-49-52-55-58-64(67)70-61-62(60-69-63(66)57-54-51-48-45-42-39-36-27-24-21-18-15-12-9-6-3)71-65(68)59-56-53-50-47-44-41-38-35-33-31-29-26-23-20-17-14-11-8-5-2/h8,11,16-17,19-20,25-26,28-29,33,35,41,44,50,53,62H,4-7,9-10,12-15,18,21-24,27,30-32,34,36-40,42-43,45-49,51-52,54-61H2,1-3H3/b11-8-,19-16-,20-17-,28-25-,29-26-,35-33-,44-41-,53-50-/t62-/m0/s1. The quantitative estimate of drug-likeness (QED) is 0.0261. The summed E-state index contributed by atoms with van der Waals surface area (Å²) in [7, 11) is 0. The Labute approximate surface area is 438 Å². The molecular weight excluding hydrogens is 877 g/mol. The van der Waals surface area contributed by atoms with E-state index in [-0.39, 0.29) is 31.6 Å². The Hall–Kier alpha value is -3.67. The van der Waals surface area contributed by atoms with E-state index in [2.05, 4.69) is 112 Å². The second kappa shape index (κ2) is 58.9. The number of allylic oxidation sites excluding steroid dienone is 16. The summed E-state index contributed by atoms with van der Waals surface area (Å²) < 4.78 is 16.8. The molecule has 0 spiro atoms. The van der Waals surface area contributed by atoms with Crippen LogP contribution < -0.4 is 0 Å². The molecule has 0 fully saturated rings. The highest BCUT2D eigenvalue weighted by molar-refractivity contribution is 5.71. The molecule has 406 valence electrons. The van der Waals surface area contributed by atoms with E-state index in [4.69, 9.17) is 14.2 Å². The van der Waals surface area contributed by atoms with Gasteiger partial charge in [0.15, 0.2) is 6.10 Å². The summed E-state index contributed by atoms with van der Waals surface area (Å²) in [5.74, 6) is -0.989. The average molecular weight is 988 g/mol. The summed E-state index contributed by atoms with van der Waals surface area (Å²) in [6.45, 7) is 6.46. The maximum atomic E-state index is 12.8. The normalized spacial score (nSPS) is 12.8. The summed E-state index contributed by atoms with van der Waals surface area (Å²) in [5.41, 5.74) is 0. The van der Waals surface area contributed by atoms with Gasteiger partial charge in [0.25, 0.3) is 0 Å². The van der Waals surface area contributed by atoms with Crippen LogP contribution in [0.25, 0.3) is 0 Å². The Bertz CT molecular complexity index is 1410. The molecule has 0 radical (unpaired) electrons. The number of hydrogen-bond donors (Lipinski definition) is 0. The Morgan fingerprint density at radius 2 is 0.577 bits per heavy atom. The van der Waals surface area contributed by atoms with E-state index in [1.54, 1.807) is 0 Å². The predicted molar refractivity (Wildman–Crippen MR) is 307 cm³/mol. The van der Waals surface area contributed by atoms with Gasteiger partial charge < -0.3 is 14.2 Å². The second-order valence-corrected chi connectivity index (χ2v) is 19.5. The van der Waals surface area contributed by atoms with Gasteiger partial charge in [0.1, 0.15) is 13.2 Å². The zero-order chi connectivity index (χ0) is 51.4. The van der Waals surface area contributed by atoms with Crippen LogP contribution in [0.1, 0.15) is 278 Å². The molecule has 0 unspecified atom stereocenters. The highest BCUT2D eigenvalue weighted by Gasteiger charge is 2.19. The van der Waals surface area contributed by atoms with Gasteiger partial charge in [0.2, 0.25) is 0 Å². The van der Waals surface area contributed by atoms with Crippen molar-refractivity contribution < 1.29 is 28.6 Å². The van der Waals surface area contributed by atoms with Crippen molar-refractivity contribution in [3.8, 4) is 0 Å². The fraction of sp³-hybridized carbons (Fsp3) is 0.708. The summed E-state index contributed by atoms with van der Waals surface area (Å²) in [5, 5.41) is 0. The van der Waals surface area contributed by atoms with E-state index in [1.165, 1.54) is 148 Å². The van der Waals surface area contributed by atoms with Gasteiger partial charge in [-0.2, -0.15) is 0 Å². The molecule has 0 bridgehead atoms. The van der Waals surface area contributed by atoms with E-state index >= 15 is 0 Å². The molecule has 6 heteroatoms. The van der Waals surface area contributed by atoms with Crippen molar-refractivity contribution in [3.63, 3.8) is 0 Å². The Balaban J connectivity index is 4.49. The van der Waals surface area contributed by atoms with Crippen LogP contribution in [0.3, 0.4) is 0 Å². The molecule has 71 heavy (non-hydrogen) atoms. The summed E-state index contributed by atoms with van der Waals surface area (Å²) in [4.78, 5) is 38.2. The zero-order valence-electron chi connectivity index (χ0n) is 46.5. The molecule has 0 N–H and O–H groups in total. The Morgan fingerprint density at radius 3 is 0.944 bits per heavy atom. The lowest BCUT2D eigenvalue weighted by Gasteiger charge is -2.18. The third kappa shape index (κ3) is 57.1. The van der Waals surface area contributed by atoms with Crippen LogP contribution in [0, 0.1) is 0 Å². The van der Waals surface area contributed by atoms with Crippen molar-refractivity contribution in [1.29, 1.82) is 0 Å². The molecule has 0 aliphatic carbocycles. The number of ether oxygens (including phenoxy) is 3. The minimum atomic E-state index is -0.819. The number of carbonyl (C=O) groups is 3. The van der Waals surface area contributed by atoms with Crippen molar-refractivity contribution in [2.75, 3.05) is 13.2 Å². The van der Waals surface area contributed by atoms with Crippen LogP contribution in [-0.2, 0) is 28.6 Å². The van der Waals surface area contributed by atoms with Crippen LogP contribution in [0.15, 0.2) is 97.2 Å². The maximum absolute atomic E-state index is 12.8. The largest absolute Gasteiger partial charge is 0.462 e. The summed E-state index contributed by atoms with van der Waals surface area (Å²) in [6.07, 6.45) is 78.4. The number of esters is 3. The highest BCUT2D eigenvalue weighted by atomic mass is 16.6. The Kier molecular flexibility index (Phi) is 55.9. The molecule has 0 aliphatic rings. The molecule has 0 heterocycles. The van der Waals surface area contributed by atoms with Crippen LogP contribution in [0.5, 0.6) is 0 Å². The summed E-state index contributed by atoms with van der Waals surface area (Å²) in [6, 6.07) is 0. The van der Waals surface area contributed by atoms with Gasteiger partial charge in [-0.15, -0.1) is 0 Å². The minimum Gasteiger partial charge on any atom is -0.462 e. The zero-order valence-corrected chi connectivity index (χ0v) is 46.5. The van der Waals surface area contributed by atoms with Gasteiger partial charge in [0, 0.05) is 19.3 Å². The van der Waals surface area contributed by atoms with E-state index in [0.717, 1.165) is 83.5 Å². The van der Waals surface area contributed by atoms with Crippen LogP contribution >= 0.6 is 0 Å². The fourth-order valence-electron chi connectivity index (χ4n) is 8.15. The first-order valence-corrected chi connectivity index (χ1v) is 29.7. The molecule has 6 nitrogen and oxygen atoms in total. The maximum Gasteiger partial charge on any atom is 0.306 e. The summed E-state index contributed by atoms with van der Waals surface area (Å²) >= 11 is 0. The molecule has 0 rings (SSSR count). The molecule has 0 aromatic rings. The lowest BCUT2D eigenvalue weighted by molar-refractivity contribution is -0.166. The lowest BCUT2D eigenvalue weighted by Crippen LogP contribution is -2.30. The van der Waals surface area contributed by atoms with Gasteiger partial charge in [0.05, 0.1) is 0 Å². The van der Waals surface area contributed by atoms with Crippen molar-refractivity contribution in [3.05, 3.63) is 97.2 Å². The highest BCUT2D eigenvalue weighted by Crippen LogP contribution is 2.16. The Morgan fingerprint density at radius 1 is 0.296 bits per heavy atom. The number of rotatable bonds is 53. The van der Waals surface area contributed by atoms with Crippen LogP contribution in [0.2, 0.25) is 0 Å². The molecule has 1 atom stereocenters. The SMILES string of the molecule is CC/C=C\C/C=C\C/C=C\C/C=C\C/C=C\C/C=C\CCC(=O)O[C@H](COC(=O)CCCCCCCCCCC/C=C\C/C=C\CCCCC)COC(=O)CCCCCCCCCCCCCCCCC. The van der Waals surface area contributed by atoms with Crippen molar-refractivity contribution in [2.45, 2.75) is 284 Å². The molecule has 0 saturated heterocycles. The van der Waals surface area contributed by atoms with E-state index in [0.29, 0.717) is 19.3 Å². The first-order valence-electron chi connectivity index (χ1n) is 29.7. The van der Waals surface area contributed by atoms with E-state index in [1.807, 2.05) is 6.08 Å². The van der Waals surface area contributed by atoms with Crippen molar-refractivity contribution in [1.82, 2.24) is 0 Å². The van der Waals surface area contributed by atoms with Crippen LogP contribution in [-0.4, -0.2) is 37.2 Å². The van der Waals surface area contributed by atoms with E-state index in [9.17, 15) is 14.4 Å². The predicted octanol–water partition coefficient (Wildman–Crippen LogP) is 20.1. The molecule has 0 aromatic carbocycles. The average Bonchev–Trinajstić information content (AvgIpc) is 3.37. The van der Waals surface area contributed by atoms with Gasteiger partial charge in [-0.3, -0.25) is 14.4 Å². The molecular formula is C65H110O6. The molecule has 0 aromatic heterocycles. The van der Waals surface area contributed by atoms with Gasteiger partial charge >= 0.3 is 17.9 Å². The smallest absolute Gasteiger partial charge is 0.306 e. The monoisotopic (exact) mass is 987 g/mol. The second-order valence-electron chi connectivity index (χ2n) is 19.5. The van der Waals surface area contributed by atoms with Gasteiger partial charge in [-0.1, -0.05) is 266 Å². The first kappa shape index (κ1) is 67.3. The fourth-order valence-corrected chi connectivity index (χ4v) is 8.15. The third-order valence-electron chi connectivity index (χ3n) is 12.6. The molecule has 0 saturated carbocycles. The minimum absolute atomic E-state index is 0.107. The molecule has 0 amide bonds. The number of carbonyl (C=O) groups excluding carboxylic acids is 3. The third-order valence-corrected chi connectivity index (χ3v) is 12.6. The topological polar surface area (TPSA) is 78.9 Å². The first-order chi connectivity index (χ1) is 35.0. The number of hydrogen-bond acceptors (Lipinski definition) is 6. The van der Waals surface area contributed by atoms with Crippen molar-refractivity contribution >= 4 is 17.9 Å². The van der Waals surface area contributed by atoms with Gasteiger partial charge in [-0.25, -0.2) is 0 Å². The number of unbranched alkanes of at least 4 members (excludes halogenated alkanes) is 26. The van der Waals surface area contributed by atoms with Crippen molar-refractivity contribution in [2.24, 2.45) is 0 Å².